The van der Waals surface area contributed by atoms with Crippen LogP contribution in [0.5, 0.6) is 0 Å². The molecule has 0 aliphatic carbocycles. The lowest BCUT2D eigenvalue weighted by Gasteiger charge is -1.98. The maximum atomic E-state index is 10.6. The Morgan fingerprint density at radius 1 is 1.11 bits per heavy atom. The number of halogens is 1. The minimum Gasteiger partial charge on any atom is -0.478 e. The van der Waals surface area contributed by atoms with Crippen LogP contribution in [0.2, 0.25) is 0 Å². The third kappa shape index (κ3) is 4.44. The molecule has 18 heavy (non-hydrogen) atoms. The van der Waals surface area contributed by atoms with Crippen molar-refractivity contribution >= 4 is 21.9 Å². The largest absolute Gasteiger partial charge is 0.478 e. The van der Waals surface area contributed by atoms with E-state index in [4.69, 9.17) is 11.5 Å². The summed E-state index contributed by atoms with van der Waals surface area (Å²) in [7, 11) is 0. The van der Waals surface area contributed by atoms with E-state index < -0.39 is 5.97 Å². The normalized spacial score (nSPS) is 8.67. The first-order valence-electron chi connectivity index (χ1n) is 5.14. The average Bonchev–Trinajstić information content (AvgIpc) is 2.41. The fourth-order valence-corrected chi connectivity index (χ4v) is 1.57. The number of carboxylic acid groups (broad SMARTS) is 1. The molecule has 0 aromatic heterocycles. The summed E-state index contributed by atoms with van der Waals surface area (Å²) < 4.78 is 0.707. The first-order chi connectivity index (χ1) is 8.65. The number of carboxylic acids is 1. The summed E-state index contributed by atoms with van der Waals surface area (Å²) in [6, 6.07) is 16.8. The fraction of sp³-hybridized carbons (Fsp3) is 0. The molecule has 0 aliphatic heterocycles. The molecule has 1 N–H and O–H groups in total. The van der Waals surface area contributed by atoms with Crippen LogP contribution in [-0.4, -0.2) is 11.1 Å². The van der Waals surface area contributed by atoms with Crippen molar-refractivity contribution in [2.24, 2.45) is 0 Å². The van der Waals surface area contributed by atoms with Crippen molar-refractivity contribution in [3.63, 3.8) is 0 Å². The van der Waals surface area contributed by atoms with E-state index in [1.54, 1.807) is 12.1 Å². The maximum Gasteiger partial charge on any atom is 0.337 e. The van der Waals surface area contributed by atoms with Crippen LogP contribution in [0.3, 0.4) is 0 Å². The van der Waals surface area contributed by atoms with Crippen LogP contribution < -0.4 is 0 Å². The predicted octanol–water partition coefficient (Wildman–Crippen LogP) is 3.82. The summed E-state index contributed by atoms with van der Waals surface area (Å²) in [5.41, 5.74) is 0.539. The molecule has 3 heteroatoms. The summed E-state index contributed by atoms with van der Waals surface area (Å²) in [5.74, 6) is 1.29. The molecule has 0 unspecified atom stereocenters. The van der Waals surface area contributed by atoms with E-state index >= 15 is 0 Å². The van der Waals surface area contributed by atoms with E-state index in [0.717, 1.165) is 0 Å². The molecule has 2 aromatic rings. The van der Waals surface area contributed by atoms with Crippen molar-refractivity contribution in [2.75, 3.05) is 0 Å². The van der Waals surface area contributed by atoms with E-state index in [1.165, 1.54) is 6.07 Å². The zero-order chi connectivity index (χ0) is 13.4. The van der Waals surface area contributed by atoms with Gasteiger partial charge in [0.2, 0.25) is 0 Å². The summed E-state index contributed by atoms with van der Waals surface area (Å²) >= 11 is 3.16. The first-order valence-corrected chi connectivity index (χ1v) is 5.94. The lowest BCUT2D eigenvalue weighted by molar-refractivity contribution is 0.0696. The quantitative estimate of drug-likeness (QED) is 0.813. The van der Waals surface area contributed by atoms with E-state index in [2.05, 4.69) is 21.9 Å². The molecule has 0 aliphatic rings. The lowest BCUT2D eigenvalue weighted by Crippen LogP contribution is -1.99. The third-order valence-corrected chi connectivity index (χ3v) is 2.53. The monoisotopic (exact) mass is 302 g/mol. The Kier molecular flexibility index (Phi) is 5.69. The van der Waals surface area contributed by atoms with Crippen molar-refractivity contribution in [2.45, 2.75) is 0 Å². The Bertz CT molecular complexity index is 530. The van der Waals surface area contributed by atoms with Gasteiger partial charge < -0.3 is 5.11 Å². The second kappa shape index (κ2) is 7.31. The van der Waals surface area contributed by atoms with E-state index in [9.17, 15) is 4.79 Å². The summed E-state index contributed by atoms with van der Waals surface area (Å²) in [4.78, 5) is 10.6. The van der Waals surface area contributed by atoms with Gasteiger partial charge in [0.25, 0.3) is 0 Å². The molecule has 0 amide bonds. The van der Waals surface area contributed by atoms with Gasteiger partial charge in [-0.05, 0) is 18.2 Å². The Morgan fingerprint density at radius 2 is 1.61 bits per heavy atom. The van der Waals surface area contributed by atoms with Crippen LogP contribution >= 0.6 is 15.9 Å². The van der Waals surface area contributed by atoms with Gasteiger partial charge in [0.1, 0.15) is 0 Å². The minimum atomic E-state index is -1.01. The van der Waals surface area contributed by atoms with E-state index in [0.29, 0.717) is 10.0 Å². The zero-order valence-corrected chi connectivity index (χ0v) is 11.1. The second-order valence-corrected chi connectivity index (χ2v) is 4.21. The number of carbonyl (C=O) groups is 1. The molecule has 0 atom stereocenters. The van der Waals surface area contributed by atoms with Crippen LogP contribution in [0.4, 0.5) is 0 Å². The van der Waals surface area contributed by atoms with Gasteiger partial charge in [-0.2, -0.15) is 0 Å². The Labute approximate surface area is 114 Å². The highest BCUT2D eigenvalue weighted by atomic mass is 79.9. The van der Waals surface area contributed by atoms with Crippen LogP contribution in [0, 0.1) is 12.3 Å². The highest BCUT2D eigenvalue weighted by molar-refractivity contribution is 9.10. The van der Waals surface area contributed by atoms with Crippen LogP contribution in [0.25, 0.3) is 0 Å². The molecule has 2 nitrogen and oxygen atoms in total. The molecular weight excluding hydrogens is 292 g/mol. The molecular formula is C15H11BrO2. The van der Waals surface area contributed by atoms with Crippen molar-refractivity contribution in [3.05, 3.63) is 70.2 Å². The zero-order valence-electron chi connectivity index (χ0n) is 9.51. The number of hydrogen-bond acceptors (Lipinski definition) is 1. The van der Waals surface area contributed by atoms with Gasteiger partial charge in [-0.3, -0.25) is 0 Å². The maximum absolute atomic E-state index is 10.6. The third-order valence-electron chi connectivity index (χ3n) is 2.03. The van der Waals surface area contributed by atoms with E-state index in [1.807, 2.05) is 36.4 Å². The van der Waals surface area contributed by atoms with E-state index in [-0.39, 0.29) is 5.56 Å². The minimum absolute atomic E-state index is 0.145. The molecule has 0 radical (unpaired) electrons. The molecule has 0 saturated heterocycles. The van der Waals surface area contributed by atoms with Crippen LogP contribution in [0.1, 0.15) is 15.9 Å². The fourth-order valence-electron chi connectivity index (χ4n) is 1.20. The SMILES string of the molecule is C#Cc1ccc(Br)cc1C(=O)O.c1ccccc1. The summed E-state index contributed by atoms with van der Waals surface area (Å²) in [6.07, 6.45) is 5.11. The number of rotatable bonds is 1. The number of aromatic carboxylic acids is 1. The Balaban J connectivity index is 0.000000225. The average molecular weight is 303 g/mol. The summed E-state index contributed by atoms with van der Waals surface area (Å²) in [5, 5.41) is 8.70. The summed E-state index contributed by atoms with van der Waals surface area (Å²) in [6.45, 7) is 0. The Hall–Kier alpha value is -2.05. The predicted molar refractivity (Wildman–Crippen MR) is 75.5 cm³/mol. The highest BCUT2D eigenvalue weighted by Crippen LogP contribution is 2.15. The van der Waals surface area contributed by atoms with Crippen LogP contribution in [-0.2, 0) is 0 Å². The van der Waals surface area contributed by atoms with Crippen molar-refractivity contribution in [1.29, 1.82) is 0 Å². The molecule has 90 valence electrons. The molecule has 0 spiro atoms. The van der Waals surface area contributed by atoms with Gasteiger partial charge in [0.05, 0.1) is 5.56 Å². The molecule has 0 bridgehead atoms. The molecule has 2 rings (SSSR count). The van der Waals surface area contributed by atoms with Gasteiger partial charge in [0, 0.05) is 10.0 Å². The van der Waals surface area contributed by atoms with Crippen molar-refractivity contribution in [1.82, 2.24) is 0 Å². The molecule has 0 fully saturated rings. The van der Waals surface area contributed by atoms with Crippen LogP contribution in [0.15, 0.2) is 59.1 Å². The van der Waals surface area contributed by atoms with Gasteiger partial charge in [-0.15, -0.1) is 6.42 Å². The topological polar surface area (TPSA) is 37.3 Å². The number of terminal acetylenes is 1. The lowest BCUT2D eigenvalue weighted by atomic mass is 10.1. The molecule has 2 aromatic carbocycles. The standard InChI is InChI=1S/C9H5BrO2.C6H6/c1-2-6-3-4-7(10)5-8(6)9(11)12;1-2-4-6-5-3-1/h1,3-5H,(H,11,12);1-6H. The molecule has 0 saturated carbocycles. The van der Waals surface area contributed by atoms with Crippen molar-refractivity contribution < 1.29 is 9.90 Å². The van der Waals surface area contributed by atoms with Crippen molar-refractivity contribution in [3.8, 4) is 12.3 Å². The Morgan fingerprint density at radius 3 is 2.00 bits per heavy atom. The smallest absolute Gasteiger partial charge is 0.337 e. The van der Waals surface area contributed by atoms with Gasteiger partial charge in [-0.1, -0.05) is 58.2 Å². The molecule has 0 heterocycles. The van der Waals surface area contributed by atoms with Gasteiger partial charge >= 0.3 is 5.97 Å². The van der Waals surface area contributed by atoms with Gasteiger partial charge in [0.15, 0.2) is 0 Å². The highest BCUT2D eigenvalue weighted by Gasteiger charge is 2.07. The number of benzene rings is 2. The van der Waals surface area contributed by atoms with Gasteiger partial charge in [-0.25, -0.2) is 4.79 Å². The number of hydrogen-bond donors (Lipinski definition) is 1. The first kappa shape index (κ1) is 14.0. The second-order valence-electron chi connectivity index (χ2n) is 3.29.